The Morgan fingerprint density at radius 2 is 1.63 bits per heavy atom. The molecule has 110 valence electrons. The molecule has 0 spiro atoms. The summed E-state index contributed by atoms with van der Waals surface area (Å²) in [6.45, 7) is 8.31. The predicted molar refractivity (Wildman–Crippen MR) is 84.1 cm³/mol. The maximum absolute atomic E-state index is 5.68. The molecule has 3 heteroatoms. The molecule has 1 heterocycles. The average molecular weight is 283 g/mol. The summed E-state index contributed by atoms with van der Waals surface area (Å²) in [5.74, 6) is 0. The van der Waals surface area contributed by atoms with Crippen molar-refractivity contribution in [3.8, 4) is 0 Å². The van der Waals surface area contributed by atoms with E-state index >= 15 is 0 Å². The van der Waals surface area contributed by atoms with E-state index in [1.807, 2.05) is 0 Å². The van der Waals surface area contributed by atoms with E-state index in [2.05, 4.69) is 25.8 Å². The normalized spacial score (nSPS) is 11.1. The van der Waals surface area contributed by atoms with Gasteiger partial charge < -0.3 is 4.74 Å². The van der Waals surface area contributed by atoms with Crippen LogP contribution in [0.2, 0.25) is 0 Å². The largest absolute Gasteiger partial charge is 0.381 e. The van der Waals surface area contributed by atoms with Gasteiger partial charge in [0.05, 0.1) is 10.7 Å². The zero-order valence-electron chi connectivity index (χ0n) is 12.8. The van der Waals surface area contributed by atoms with Crippen LogP contribution in [0.25, 0.3) is 0 Å². The molecule has 0 amide bonds. The fraction of sp³-hybridized carbons (Fsp3) is 0.812. The van der Waals surface area contributed by atoms with Crippen LogP contribution >= 0.6 is 11.3 Å². The van der Waals surface area contributed by atoms with Gasteiger partial charge in [-0.1, -0.05) is 39.0 Å². The zero-order chi connectivity index (χ0) is 13.9. The molecule has 0 bridgehead atoms. The number of aromatic nitrogens is 1. The number of nitrogens with zero attached hydrogens (tertiary/aromatic N) is 1. The summed E-state index contributed by atoms with van der Waals surface area (Å²) in [7, 11) is 0. The van der Waals surface area contributed by atoms with E-state index in [-0.39, 0.29) is 0 Å². The molecular formula is C16H29NOS. The molecule has 0 aliphatic carbocycles. The maximum Gasteiger partial charge on any atom is 0.0900 e. The predicted octanol–water partition coefficient (Wildman–Crippen LogP) is 5.07. The Kier molecular flexibility index (Phi) is 9.10. The van der Waals surface area contributed by atoms with Crippen molar-refractivity contribution in [3.05, 3.63) is 15.6 Å². The molecule has 2 nitrogen and oxygen atoms in total. The third kappa shape index (κ3) is 7.68. The SMILES string of the molecule is CCCCCCCCOCCCc1nc(C)sc1C. The molecule has 0 saturated heterocycles. The monoisotopic (exact) mass is 283 g/mol. The maximum atomic E-state index is 5.68. The van der Waals surface area contributed by atoms with Crippen molar-refractivity contribution < 1.29 is 4.74 Å². The third-order valence-electron chi connectivity index (χ3n) is 3.34. The second-order valence-corrected chi connectivity index (χ2v) is 6.63. The van der Waals surface area contributed by atoms with E-state index in [1.54, 1.807) is 11.3 Å². The molecule has 1 rings (SSSR count). The van der Waals surface area contributed by atoms with Crippen LogP contribution < -0.4 is 0 Å². The minimum absolute atomic E-state index is 0.880. The van der Waals surface area contributed by atoms with Gasteiger partial charge in [0.25, 0.3) is 0 Å². The van der Waals surface area contributed by atoms with Crippen LogP contribution in [0.5, 0.6) is 0 Å². The first kappa shape index (κ1) is 16.6. The number of thiazole rings is 1. The molecule has 0 aliphatic rings. The second-order valence-electron chi connectivity index (χ2n) is 5.22. The molecule has 0 unspecified atom stereocenters. The average Bonchev–Trinajstić information content (AvgIpc) is 2.70. The van der Waals surface area contributed by atoms with Crippen LogP contribution in [0.15, 0.2) is 0 Å². The molecule has 0 saturated carbocycles. The van der Waals surface area contributed by atoms with Crippen molar-refractivity contribution in [3.63, 3.8) is 0 Å². The second kappa shape index (κ2) is 10.4. The van der Waals surface area contributed by atoms with Gasteiger partial charge in [0, 0.05) is 18.1 Å². The lowest BCUT2D eigenvalue weighted by atomic mass is 10.1. The van der Waals surface area contributed by atoms with E-state index in [0.717, 1.165) is 26.1 Å². The lowest BCUT2D eigenvalue weighted by Gasteiger charge is -2.04. The van der Waals surface area contributed by atoms with Crippen LogP contribution in [0.1, 0.15) is 67.4 Å². The first-order chi connectivity index (χ1) is 9.24. The highest BCUT2D eigenvalue weighted by Gasteiger charge is 2.03. The molecule has 0 fully saturated rings. The van der Waals surface area contributed by atoms with Gasteiger partial charge in [-0.2, -0.15) is 0 Å². The van der Waals surface area contributed by atoms with Crippen molar-refractivity contribution >= 4 is 11.3 Å². The fourth-order valence-electron chi connectivity index (χ4n) is 2.23. The summed E-state index contributed by atoms with van der Waals surface area (Å²) < 4.78 is 5.68. The van der Waals surface area contributed by atoms with Gasteiger partial charge in [-0.3, -0.25) is 0 Å². The smallest absolute Gasteiger partial charge is 0.0900 e. The molecule has 1 aromatic rings. The van der Waals surface area contributed by atoms with Crippen LogP contribution in [-0.4, -0.2) is 18.2 Å². The van der Waals surface area contributed by atoms with Gasteiger partial charge in [-0.05, 0) is 33.1 Å². The van der Waals surface area contributed by atoms with Crippen molar-refractivity contribution in [1.29, 1.82) is 0 Å². The summed E-state index contributed by atoms with van der Waals surface area (Å²) in [5.41, 5.74) is 1.27. The fourth-order valence-corrected chi connectivity index (χ4v) is 3.10. The highest BCUT2D eigenvalue weighted by molar-refractivity contribution is 7.11. The number of hydrogen-bond acceptors (Lipinski definition) is 3. The first-order valence-corrected chi connectivity index (χ1v) is 8.56. The Hall–Kier alpha value is -0.410. The highest BCUT2D eigenvalue weighted by Crippen LogP contribution is 2.17. The first-order valence-electron chi connectivity index (χ1n) is 7.74. The number of unbranched alkanes of at least 4 members (excludes halogenated alkanes) is 5. The summed E-state index contributed by atoms with van der Waals surface area (Å²) >= 11 is 1.80. The Labute approximate surface area is 122 Å². The van der Waals surface area contributed by atoms with Gasteiger partial charge in [-0.15, -0.1) is 11.3 Å². The van der Waals surface area contributed by atoms with Crippen molar-refractivity contribution in [2.75, 3.05) is 13.2 Å². The topological polar surface area (TPSA) is 22.1 Å². The van der Waals surface area contributed by atoms with Gasteiger partial charge in [0.15, 0.2) is 0 Å². The van der Waals surface area contributed by atoms with E-state index in [4.69, 9.17) is 4.74 Å². The summed E-state index contributed by atoms with van der Waals surface area (Å²) in [6.07, 6.45) is 10.2. The lowest BCUT2D eigenvalue weighted by Crippen LogP contribution is -1.99. The number of rotatable bonds is 11. The van der Waals surface area contributed by atoms with Gasteiger partial charge >= 0.3 is 0 Å². The molecule has 0 N–H and O–H groups in total. The van der Waals surface area contributed by atoms with Crippen molar-refractivity contribution in [2.45, 2.75) is 72.1 Å². The highest BCUT2D eigenvalue weighted by atomic mass is 32.1. The molecule has 19 heavy (non-hydrogen) atoms. The van der Waals surface area contributed by atoms with Gasteiger partial charge in [-0.25, -0.2) is 4.98 Å². The van der Waals surface area contributed by atoms with Crippen LogP contribution in [0.3, 0.4) is 0 Å². The van der Waals surface area contributed by atoms with Gasteiger partial charge in [0.1, 0.15) is 0 Å². The van der Waals surface area contributed by atoms with Gasteiger partial charge in [0.2, 0.25) is 0 Å². The summed E-state index contributed by atoms with van der Waals surface area (Å²) in [4.78, 5) is 5.92. The standard InChI is InChI=1S/C16H29NOS/c1-4-5-6-7-8-9-12-18-13-10-11-16-14(2)19-15(3)17-16/h4-13H2,1-3H3. The van der Waals surface area contributed by atoms with Crippen molar-refractivity contribution in [1.82, 2.24) is 4.98 Å². The Balaban J connectivity index is 1.90. The molecule has 0 aliphatic heterocycles. The molecular weight excluding hydrogens is 254 g/mol. The Bertz CT molecular complexity index is 335. The molecule has 1 aromatic heterocycles. The number of ether oxygens (including phenoxy) is 1. The number of aryl methyl sites for hydroxylation is 3. The van der Waals surface area contributed by atoms with E-state index in [1.165, 1.54) is 54.1 Å². The lowest BCUT2D eigenvalue weighted by molar-refractivity contribution is 0.127. The molecule has 0 radical (unpaired) electrons. The minimum Gasteiger partial charge on any atom is -0.381 e. The van der Waals surface area contributed by atoms with Crippen LogP contribution in [0.4, 0.5) is 0 Å². The number of hydrogen-bond donors (Lipinski definition) is 0. The summed E-state index contributed by atoms with van der Waals surface area (Å²) in [6, 6.07) is 0. The van der Waals surface area contributed by atoms with Crippen LogP contribution in [-0.2, 0) is 11.2 Å². The van der Waals surface area contributed by atoms with Crippen LogP contribution in [0, 0.1) is 13.8 Å². The quantitative estimate of drug-likeness (QED) is 0.529. The van der Waals surface area contributed by atoms with E-state index in [0.29, 0.717) is 0 Å². The van der Waals surface area contributed by atoms with Crippen molar-refractivity contribution in [2.24, 2.45) is 0 Å². The minimum atomic E-state index is 0.880. The Morgan fingerprint density at radius 3 is 2.32 bits per heavy atom. The van der Waals surface area contributed by atoms with E-state index < -0.39 is 0 Å². The van der Waals surface area contributed by atoms with E-state index in [9.17, 15) is 0 Å². The summed E-state index contributed by atoms with van der Waals surface area (Å²) in [5, 5.41) is 1.18. The zero-order valence-corrected chi connectivity index (χ0v) is 13.7. The molecule has 0 atom stereocenters. The molecule has 0 aromatic carbocycles. The third-order valence-corrected chi connectivity index (χ3v) is 4.27. The Morgan fingerprint density at radius 1 is 0.947 bits per heavy atom.